The largest absolute Gasteiger partial charge is 0.0590 e. The summed E-state index contributed by atoms with van der Waals surface area (Å²) in [5.74, 6) is 2.91. The molecule has 0 heterocycles. The van der Waals surface area contributed by atoms with Crippen molar-refractivity contribution in [2.24, 2.45) is 22.7 Å². The predicted molar refractivity (Wildman–Crippen MR) is 92.1 cm³/mol. The van der Waals surface area contributed by atoms with Gasteiger partial charge in [-0.2, -0.15) is 0 Å². The zero-order valence-corrected chi connectivity index (χ0v) is 14.3. The van der Waals surface area contributed by atoms with Crippen molar-refractivity contribution in [1.82, 2.24) is 0 Å². The summed E-state index contributed by atoms with van der Waals surface area (Å²) in [5, 5.41) is 0. The molecule has 0 bridgehead atoms. The highest BCUT2D eigenvalue weighted by Crippen LogP contribution is 2.72. The Bertz CT molecular complexity index is 608. The highest BCUT2D eigenvalue weighted by atomic mass is 14.7. The first kappa shape index (κ1) is 13.6. The molecule has 0 N–H and O–H groups in total. The molecule has 0 aliphatic heterocycles. The zero-order valence-electron chi connectivity index (χ0n) is 14.3. The van der Waals surface area contributed by atoms with Crippen LogP contribution in [-0.2, 0) is 6.42 Å². The maximum Gasteiger partial charge on any atom is -0.0128 e. The molecule has 4 unspecified atom stereocenters. The molecular formula is C22H30. The van der Waals surface area contributed by atoms with Crippen LogP contribution in [0.5, 0.6) is 0 Å². The summed E-state index contributed by atoms with van der Waals surface area (Å²) in [4.78, 5) is 0. The Hall–Kier alpha value is -0.780. The number of fused-ring (bicyclic) bond motifs is 6. The van der Waals surface area contributed by atoms with Crippen LogP contribution in [0.25, 0.3) is 0 Å². The van der Waals surface area contributed by atoms with Crippen molar-refractivity contribution in [3.8, 4) is 0 Å². The van der Waals surface area contributed by atoms with Gasteiger partial charge in [0.25, 0.3) is 0 Å². The molecule has 0 radical (unpaired) electrons. The molecule has 3 saturated carbocycles. The standard InChI is InChI=1S/C22H30/c1-15-4-6-17-16(14-15)5-7-19-18(17)8-12-21(2)20(19)9-13-22(21)10-3-11-22/h4,6,14,18-20H,3,5,7-13H2,1-2H3. The van der Waals surface area contributed by atoms with Crippen molar-refractivity contribution in [2.75, 3.05) is 0 Å². The topological polar surface area (TPSA) is 0 Å². The molecule has 4 aliphatic carbocycles. The fraction of sp³-hybridized carbons (Fsp3) is 0.727. The predicted octanol–water partition coefficient (Wildman–Crippen LogP) is 6.02. The van der Waals surface area contributed by atoms with Gasteiger partial charge in [-0.25, -0.2) is 0 Å². The van der Waals surface area contributed by atoms with Crippen molar-refractivity contribution in [1.29, 1.82) is 0 Å². The number of rotatable bonds is 0. The molecule has 0 amide bonds. The number of hydrogen-bond donors (Lipinski definition) is 0. The second kappa shape index (κ2) is 4.40. The van der Waals surface area contributed by atoms with E-state index < -0.39 is 0 Å². The lowest BCUT2D eigenvalue weighted by molar-refractivity contribution is -0.0712. The van der Waals surface area contributed by atoms with Gasteiger partial charge < -0.3 is 0 Å². The third-order valence-corrected chi connectivity index (χ3v) is 8.73. The molecule has 1 aromatic carbocycles. The first-order valence-electron chi connectivity index (χ1n) is 9.72. The van der Waals surface area contributed by atoms with Crippen LogP contribution in [-0.4, -0.2) is 0 Å². The third kappa shape index (κ3) is 1.55. The number of hydrogen-bond acceptors (Lipinski definition) is 0. The monoisotopic (exact) mass is 294 g/mol. The quantitative estimate of drug-likeness (QED) is 0.548. The minimum atomic E-state index is 0.689. The molecule has 0 nitrogen and oxygen atoms in total. The van der Waals surface area contributed by atoms with Crippen LogP contribution in [0, 0.1) is 29.6 Å². The first-order valence-corrected chi connectivity index (χ1v) is 9.72. The van der Waals surface area contributed by atoms with Crippen molar-refractivity contribution < 1.29 is 0 Å². The Balaban J connectivity index is 1.52. The maximum atomic E-state index is 2.70. The van der Waals surface area contributed by atoms with Crippen LogP contribution in [0.2, 0.25) is 0 Å². The molecule has 4 aliphatic rings. The van der Waals surface area contributed by atoms with Crippen LogP contribution in [0.3, 0.4) is 0 Å². The number of aryl methyl sites for hydroxylation is 2. The van der Waals surface area contributed by atoms with Gasteiger partial charge in [-0.15, -0.1) is 0 Å². The Kier molecular flexibility index (Phi) is 2.73. The molecule has 4 atom stereocenters. The SMILES string of the molecule is Cc1ccc2c(c1)CCC1C2CCC2(C)C1CCC21CCC1. The zero-order chi connectivity index (χ0) is 14.9. The van der Waals surface area contributed by atoms with Crippen LogP contribution in [0.1, 0.15) is 80.9 Å². The Morgan fingerprint density at radius 2 is 1.86 bits per heavy atom. The molecular weight excluding hydrogens is 264 g/mol. The molecule has 22 heavy (non-hydrogen) atoms. The highest BCUT2D eigenvalue weighted by Gasteiger charge is 2.63. The van der Waals surface area contributed by atoms with Gasteiger partial charge in [0.15, 0.2) is 0 Å². The molecule has 0 aromatic heterocycles. The fourth-order valence-electron chi connectivity index (χ4n) is 7.36. The summed E-state index contributed by atoms with van der Waals surface area (Å²) in [5.41, 5.74) is 6.33. The van der Waals surface area contributed by atoms with Gasteiger partial charge in [0.2, 0.25) is 0 Å². The average Bonchev–Trinajstić information content (AvgIpc) is 2.79. The summed E-state index contributed by atoms with van der Waals surface area (Å²) in [6.07, 6.45) is 13.5. The second-order valence-electron chi connectivity index (χ2n) is 9.25. The molecule has 0 saturated heterocycles. The normalized spacial score (nSPS) is 41.5. The lowest BCUT2D eigenvalue weighted by Crippen LogP contribution is -2.49. The van der Waals surface area contributed by atoms with E-state index in [0.29, 0.717) is 5.41 Å². The summed E-state index contributed by atoms with van der Waals surface area (Å²) in [6.45, 7) is 4.95. The van der Waals surface area contributed by atoms with Crippen LogP contribution in [0.15, 0.2) is 18.2 Å². The van der Waals surface area contributed by atoms with Gasteiger partial charge in [0.1, 0.15) is 0 Å². The minimum Gasteiger partial charge on any atom is -0.0590 e. The van der Waals surface area contributed by atoms with Gasteiger partial charge in [0, 0.05) is 0 Å². The van der Waals surface area contributed by atoms with E-state index >= 15 is 0 Å². The Morgan fingerprint density at radius 3 is 2.64 bits per heavy atom. The highest BCUT2D eigenvalue weighted by molar-refractivity contribution is 5.38. The Morgan fingerprint density at radius 1 is 1.00 bits per heavy atom. The third-order valence-electron chi connectivity index (χ3n) is 8.73. The first-order chi connectivity index (χ1) is 10.6. The minimum absolute atomic E-state index is 0.689. The Labute approximate surface area is 135 Å². The molecule has 3 fully saturated rings. The van der Waals surface area contributed by atoms with Gasteiger partial charge in [0.05, 0.1) is 0 Å². The smallest absolute Gasteiger partial charge is 0.0128 e. The van der Waals surface area contributed by atoms with Crippen LogP contribution in [0.4, 0.5) is 0 Å². The molecule has 1 spiro atoms. The summed E-state index contributed by atoms with van der Waals surface area (Å²) in [7, 11) is 0. The van der Waals surface area contributed by atoms with Gasteiger partial charge in [-0.05, 0) is 98.0 Å². The van der Waals surface area contributed by atoms with E-state index in [1.807, 2.05) is 0 Å². The van der Waals surface area contributed by atoms with E-state index in [1.54, 1.807) is 36.8 Å². The molecule has 5 rings (SSSR count). The summed E-state index contributed by atoms with van der Waals surface area (Å²) >= 11 is 0. The lowest BCUT2D eigenvalue weighted by Gasteiger charge is -2.58. The molecule has 1 aromatic rings. The van der Waals surface area contributed by atoms with Crippen molar-refractivity contribution in [2.45, 2.75) is 77.6 Å². The van der Waals surface area contributed by atoms with E-state index in [0.717, 1.165) is 23.2 Å². The lowest BCUT2D eigenvalue weighted by atomic mass is 9.46. The molecule has 0 heteroatoms. The second-order valence-corrected chi connectivity index (χ2v) is 9.25. The maximum absolute atomic E-state index is 2.70. The fourth-order valence-corrected chi connectivity index (χ4v) is 7.36. The van der Waals surface area contributed by atoms with Crippen molar-refractivity contribution in [3.63, 3.8) is 0 Å². The summed E-state index contributed by atoms with van der Waals surface area (Å²) < 4.78 is 0. The summed E-state index contributed by atoms with van der Waals surface area (Å²) in [6, 6.07) is 7.32. The number of benzene rings is 1. The van der Waals surface area contributed by atoms with E-state index in [1.165, 1.54) is 37.7 Å². The van der Waals surface area contributed by atoms with Crippen molar-refractivity contribution in [3.05, 3.63) is 34.9 Å². The average molecular weight is 294 g/mol. The van der Waals surface area contributed by atoms with E-state index in [4.69, 9.17) is 0 Å². The van der Waals surface area contributed by atoms with E-state index in [2.05, 4.69) is 32.0 Å². The van der Waals surface area contributed by atoms with Gasteiger partial charge in [-0.3, -0.25) is 0 Å². The van der Waals surface area contributed by atoms with Crippen LogP contribution >= 0.6 is 0 Å². The van der Waals surface area contributed by atoms with E-state index in [9.17, 15) is 0 Å². The van der Waals surface area contributed by atoms with E-state index in [-0.39, 0.29) is 0 Å². The van der Waals surface area contributed by atoms with Gasteiger partial charge >= 0.3 is 0 Å². The van der Waals surface area contributed by atoms with Crippen molar-refractivity contribution >= 4 is 0 Å². The molecule has 118 valence electrons. The van der Waals surface area contributed by atoms with Crippen LogP contribution < -0.4 is 0 Å². The van der Waals surface area contributed by atoms with Gasteiger partial charge in [-0.1, -0.05) is 37.1 Å².